The van der Waals surface area contributed by atoms with Crippen LogP contribution in [0.5, 0.6) is 5.75 Å². The zero-order chi connectivity index (χ0) is 18.1. The number of ether oxygens (including phenoxy) is 1. The van der Waals surface area contributed by atoms with Gasteiger partial charge in [0.1, 0.15) is 5.75 Å². The molecule has 0 aliphatic carbocycles. The quantitative estimate of drug-likeness (QED) is 0.779. The SMILES string of the molecule is COc1ccc([C@H](C)NC(=O)c2c(C)sc3ccn(C)c(=O)c23)cc1. The molecule has 0 aliphatic heterocycles. The Morgan fingerprint density at radius 3 is 2.56 bits per heavy atom. The number of pyridine rings is 1. The molecule has 3 aromatic rings. The maximum atomic E-state index is 12.8. The molecule has 1 N–H and O–H groups in total. The predicted octanol–water partition coefficient (Wildman–Crippen LogP) is 3.41. The minimum absolute atomic E-state index is 0.149. The molecule has 130 valence electrons. The normalized spacial score (nSPS) is 12.2. The van der Waals surface area contributed by atoms with Gasteiger partial charge in [0, 0.05) is 22.8 Å². The Kier molecular flexibility index (Phi) is 4.63. The molecule has 3 rings (SSSR count). The predicted molar refractivity (Wildman–Crippen MR) is 101 cm³/mol. The molecule has 5 nitrogen and oxygen atoms in total. The van der Waals surface area contributed by atoms with E-state index in [1.165, 1.54) is 15.9 Å². The summed E-state index contributed by atoms with van der Waals surface area (Å²) >= 11 is 1.47. The van der Waals surface area contributed by atoms with Crippen molar-refractivity contribution in [2.75, 3.05) is 7.11 Å². The minimum Gasteiger partial charge on any atom is -0.497 e. The van der Waals surface area contributed by atoms with E-state index in [9.17, 15) is 9.59 Å². The van der Waals surface area contributed by atoms with Crippen LogP contribution < -0.4 is 15.6 Å². The second kappa shape index (κ2) is 6.72. The molecule has 25 heavy (non-hydrogen) atoms. The van der Waals surface area contributed by atoms with Gasteiger partial charge in [-0.3, -0.25) is 9.59 Å². The van der Waals surface area contributed by atoms with E-state index in [0.29, 0.717) is 10.9 Å². The van der Waals surface area contributed by atoms with Gasteiger partial charge in [0.2, 0.25) is 0 Å². The fraction of sp³-hybridized carbons (Fsp3) is 0.263. The van der Waals surface area contributed by atoms with Crippen LogP contribution in [0.4, 0.5) is 0 Å². The van der Waals surface area contributed by atoms with Crippen LogP contribution in [0.3, 0.4) is 0 Å². The van der Waals surface area contributed by atoms with Crippen molar-refractivity contribution in [1.29, 1.82) is 0 Å². The molecule has 1 atom stereocenters. The van der Waals surface area contributed by atoms with Gasteiger partial charge < -0.3 is 14.6 Å². The van der Waals surface area contributed by atoms with Crippen LogP contribution in [0.25, 0.3) is 10.1 Å². The Morgan fingerprint density at radius 1 is 1.24 bits per heavy atom. The molecule has 0 aliphatic rings. The molecule has 1 amide bonds. The maximum absolute atomic E-state index is 12.8. The highest BCUT2D eigenvalue weighted by atomic mass is 32.1. The molecule has 0 radical (unpaired) electrons. The lowest BCUT2D eigenvalue weighted by molar-refractivity contribution is 0.0941. The first-order valence-electron chi connectivity index (χ1n) is 7.96. The van der Waals surface area contributed by atoms with Crippen molar-refractivity contribution in [3.05, 3.63) is 62.9 Å². The zero-order valence-corrected chi connectivity index (χ0v) is 15.4. The number of carbonyl (C=O) groups is 1. The third-order valence-corrected chi connectivity index (χ3v) is 5.36. The number of hydrogen-bond acceptors (Lipinski definition) is 4. The van der Waals surface area contributed by atoms with Crippen LogP contribution in [0.1, 0.15) is 33.8 Å². The Morgan fingerprint density at radius 2 is 1.92 bits per heavy atom. The van der Waals surface area contributed by atoms with Crippen molar-refractivity contribution in [3.8, 4) is 5.75 Å². The third-order valence-electron chi connectivity index (χ3n) is 4.29. The number of methoxy groups -OCH3 is 1. The van der Waals surface area contributed by atoms with Crippen molar-refractivity contribution in [3.63, 3.8) is 0 Å². The van der Waals surface area contributed by atoms with Crippen LogP contribution in [-0.4, -0.2) is 17.6 Å². The highest BCUT2D eigenvalue weighted by Gasteiger charge is 2.21. The number of thiophene rings is 1. The molecule has 0 saturated heterocycles. The smallest absolute Gasteiger partial charge is 0.259 e. The lowest BCUT2D eigenvalue weighted by atomic mass is 10.1. The number of hydrogen-bond donors (Lipinski definition) is 1. The van der Waals surface area contributed by atoms with Crippen molar-refractivity contribution in [1.82, 2.24) is 9.88 Å². The van der Waals surface area contributed by atoms with E-state index < -0.39 is 0 Å². The molecular formula is C19H20N2O3S. The van der Waals surface area contributed by atoms with Gasteiger partial charge in [0.05, 0.1) is 24.1 Å². The first kappa shape index (κ1) is 17.2. The van der Waals surface area contributed by atoms with Gasteiger partial charge in [-0.05, 0) is 37.6 Å². The standard InChI is InChI=1S/C19H20N2O3S/c1-11(13-5-7-14(24-4)8-6-13)20-18(22)16-12(2)25-15-9-10-21(3)19(23)17(15)16/h5-11H,1-4H3,(H,20,22)/t11-/m0/s1. The summed E-state index contributed by atoms with van der Waals surface area (Å²) in [5.41, 5.74) is 1.30. The number of amides is 1. The number of aryl methyl sites for hydroxylation is 2. The molecule has 0 spiro atoms. The minimum atomic E-state index is -0.227. The van der Waals surface area contributed by atoms with Crippen molar-refractivity contribution >= 4 is 27.3 Å². The number of nitrogens with one attached hydrogen (secondary N) is 1. The summed E-state index contributed by atoms with van der Waals surface area (Å²) in [5, 5.41) is 3.49. The molecule has 6 heteroatoms. The average molecular weight is 356 g/mol. The summed E-state index contributed by atoms with van der Waals surface area (Å²) < 4.78 is 7.49. The molecule has 2 aromatic heterocycles. The van der Waals surface area contributed by atoms with Crippen LogP contribution >= 0.6 is 11.3 Å². The monoisotopic (exact) mass is 356 g/mol. The molecule has 0 saturated carbocycles. The molecule has 1 aromatic carbocycles. The number of nitrogens with zero attached hydrogens (tertiary/aromatic N) is 1. The van der Waals surface area contributed by atoms with E-state index >= 15 is 0 Å². The first-order valence-corrected chi connectivity index (χ1v) is 8.77. The number of benzene rings is 1. The van der Waals surface area contributed by atoms with E-state index in [4.69, 9.17) is 4.74 Å². The summed E-state index contributed by atoms with van der Waals surface area (Å²) in [7, 11) is 3.31. The summed E-state index contributed by atoms with van der Waals surface area (Å²) in [4.78, 5) is 26.1. The van der Waals surface area contributed by atoms with Crippen LogP contribution in [-0.2, 0) is 7.05 Å². The van der Waals surface area contributed by atoms with Gasteiger partial charge in [-0.25, -0.2) is 0 Å². The van der Waals surface area contributed by atoms with Crippen molar-refractivity contribution in [2.24, 2.45) is 7.05 Å². The Balaban J connectivity index is 1.93. The number of carbonyl (C=O) groups excluding carboxylic acids is 1. The second-order valence-corrected chi connectivity index (χ2v) is 7.23. The van der Waals surface area contributed by atoms with Gasteiger partial charge in [0.15, 0.2) is 0 Å². The Hall–Kier alpha value is -2.60. The fourth-order valence-electron chi connectivity index (χ4n) is 2.84. The van der Waals surface area contributed by atoms with Gasteiger partial charge in [-0.15, -0.1) is 11.3 Å². The Labute approximate surface area is 149 Å². The van der Waals surface area contributed by atoms with Crippen LogP contribution in [0.2, 0.25) is 0 Å². The molecule has 2 heterocycles. The van der Waals surface area contributed by atoms with Crippen LogP contribution in [0.15, 0.2) is 41.3 Å². The van der Waals surface area contributed by atoms with E-state index in [1.807, 2.05) is 44.2 Å². The van der Waals surface area contributed by atoms with E-state index in [-0.39, 0.29) is 17.5 Å². The largest absolute Gasteiger partial charge is 0.497 e. The van der Waals surface area contributed by atoms with Gasteiger partial charge in [-0.1, -0.05) is 12.1 Å². The average Bonchev–Trinajstić information content (AvgIpc) is 2.95. The van der Waals surface area contributed by atoms with Crippen molar-refractivity contribution < 1.29 is 9.53 Å². The topological polar surface area (TPSA) is 60.3 Å². The van der Waals surface area contributed by atoms with Gasteiger partial charge in [-0.2, -0.15) is 0 Å². The molecule has 0 fully saturated rings. The molecular weight excluding hydrogens is 336 g/mol. The fourth-order valence-corrected chi connectivity index (χ4v) is 3.88. The van der Waals surface area contributed by atoms with Gasteiger partial charge >= 0.3 is 0 Å². The lowest BCUT2D eigenvalue weighted by Crippen LogP contribution is -2.28. The first-order chi connectivity index (χ1) is 11.9. The lowest BCUT2D eigenvalue weighted by Gasteiger charge is -2.15. The van der Waals surface area contributed by atoms with E-state index in [0.717, 1.165) is 20.9 Å². The number of rotatable bonds is 4. The Bertz CT molecular complexity index is 986. The highest BCUT2D eigenvalue weighted by molar-refractivity contribution is 7.19. The third kappa shape index (κ3) is 3.17. The summed E-state index contributed by atoms with van der Waals surface area (Å²) in [6.07, 6.45) is 1.72. The van der Waals surface area contributed by atoms with E-state index in [2.05, 4.69) is 5.32 Å². The van der Waals surface area contributed by atoms with E-state index in [1.54, 1.807) is 20.4 Å². The zero-order valence-electron chi connectivity index (χ0n) is 14.6. The molecule has 0 unspecified atom stereocenters. The number of aromatic nitrogens is 1. The molecule has 0 bridgehead atoms. The second-order valence-electron chi connectivity index (χ2n) is 5.97. The summed E-state index contributed by atoms with van der Waals surface area (Å²) in [6.45, 7) is 3.79. The van der Waals surface area contributed by atoms with Gasteiger partial charge in [0.25, 0.3) is 11.5 Å². The highest BCUT2D eigenvalue weighted by Crippen LogP contribution is 2.29. The van der Waals surface area contributed by atoms with Crippen LogP contribution in [0, 0.1) is 6.92 Å². The van der Waals surface area contributed by atoms with Crippen molar-refractivity contribution in [2.45, 2.75) is 19.9 Å². The summed E-state index contributed by atoms with van der Waals surface area (Å²) in [5.74, 6) is 0.542. The maximum Gasteiger partial charge on any atom is 0.259 e. The summed E-state index contributed by atoms with van der Waals surface area (Å²) in [6, 6.07) is 9.25. The number of fused-ring (bicyclic) bond motifs is 1.